The SMILES string of the molecule is COc1ccc2c(c1)C(OC(=O)NS(=O)(=O)c1ccc(C)cc1)c1ccccc1CO2. The maximum atomic E-state index is 12.7. The molecule has 1 N–H and O–H groups in total. The Labute approximate surface area is 180 Å². The molecule has 0 saturated heterocycles. The molecule has 1 unspecified atom stereocenters. The van der Waals surface area contributed by atoms with Gasteiger partial charge in [0.15, 0.2) is 6.10 Å². The molecule has 0 aliphatic carbocycles. The highest BCUT2D eigenvalue weighted by atomic mass is 32.2. The van der Waals surface area contributed by atoms with Crippen LogP contribution in [0.2, 0.25) is 0 Å². The number of hydrogen-bond donors (Lipinski definition) is 1. The molecular weight excluding hydrogens is 418 g/mol. The number of carbonyl (C=O) groups excluding carboxylic acids is 1. The first-order chi connectivity index (χ1) is 14.9. The van der Waals surface area contributed by atoms with Crippen LogP contribution in [0.4, 0.5) is 4.79 Å². The number of carbonyl (C=O) groups is 1. The number of rotatable bonds is 4. The fourth-order valence-electron chi connectivity index (χ4n) is 3.38. The largest absolute Gasteiger partial charge is 0.497 e. The van der Waals surface area contributed by atoms with Gasteiger partial charge >= 0.3 is 6.09 Å². The van der Waals surface area contributed by atoms with Crippen molar-refractivity contribution in [3.8, 4) is 11.5 Å². The highest BCUT2D eigenvalue weighted by Crippen LogP contribution is 2.40. The zero-order valence-corrected chi connectivity index (χ0v) is 17.8. The van der Waals surface area contributed by atoms with Crippen LogP contribution in [-0.4, -0.2) is 21.6 Å². The van der Waals surface area contributed by atoms with Gasteiger partial charge in [-0.3, -0.25) is 0 Å². The molecule has 1 heterocycles. The lowest BCUT2D eigenvalue weighted by Gasteiger charge is -2.20. The lowest BCUT2D eigenvalue weighted by Crippen LogP contribution is -2.32. The Hall–Kier alpha value is -3.52. The standard InChI is InChI=1S/C23H21NO6S/c1-15-7-10-18(11-8-15)31(26,27)24-23(25)30-22-19-6-4-3-5-16(19)14-29-21-12-9-17(28-2)13-20(21)22/h3-13,22H,14H2,1-2H3,(H,24,25). The zero-order valence-electron chi connectivity index (χ0n) is 17.0. The second kappa shape index (κ2) is 8.31. The molecule has 1 aliphatic rings. The Bertz CT molecular complexity index is 1220. The molecule has 31 heavy (non-hydrogen) atoms. The van der Waals surface area contributed by atoms with E-state index in [9.17, 15) is 13.2 Å². The van der Waals surface area contributed by atoms with Crippen LogP contribution in [0.25, 0.3) is 0 Å². The molecule has 160 valence electrons. The van der Waals surface area contributed by atoms with Gasteiger partial charge in [0.05, 0.1) is 12.0 Å². The van der Waals surface area contributed by atoms with Crippen molar-refractivity contribution in [3.05, 3.63) is 89.0 Å². The Balaban J connectivity index is 1.67. The summed E-state index contributed by atoms with van der Waals surface area (Å²) < 4.78 is 44.0. The Morgan fingerprint density at radius 3 is 2.52 bits per heavy atom. The highest BCUT2D eigenvalue weighted by molar-refractivity contribution is 7.90. The Kier molecular flexibility index (Phi) is 5.56. The number of ether oxygens (including phenoxy) is 3. The average Bonchev–Trinajstić information content (AvgIpc) is 2.90. The number of benzene rings is 3. The summed E-state index contributed by atoms with van der Waals surface area (Å²) in [4.78, 5) is 12.6. The predicted octanol–water partition coefficient (Wildman–Crippen LogP) is 4.10. The lowest BCUT2D eigenvalue weighted by atomic mass is 9.97. The number of hydrogen-bond acceptors (Lipinski definition) is 6. The molecule has 1 amide bonds. The summed E-state index contributed by atoms with van der Waals surface area (Å²) in [6.45, 7) is 2.13. The van der Waals surface area contributed by atoms with Crippen LogP contribution in [0.3, 0.4) is 0 Å². The van der Waals surface area contributed by atoms with Crippen molar-refractivity contribution in [1.29, 1.82) is 0 Å². The minimum Gasteiger partial charge on any atom is -0.497 e. The van der Waals surface area contributed by atoms with Crippen LogP contribution >= 0.6 is 0 Å². The Morgan fingerprint density at radius 1 is 1.03 bits per heavy atom. The molecule has 3 aromatic carbocycles. The molecule has 8 heteroatoms. The molecular formula is C23H21NO6S. The summed E-state index contributed by atoms with van der Waals surface area (Å²) in [5.41, 5.74) is 3.00. The second-order valence-electron chi connectivity index (χ2n) is 7.10. The van der Waals surface area contributed by atoms with Crippen LogP contribution in [0.5, 0.6) is 11.5 Å². The van der Waals surface area contributed by atoms with Crippen LogP contribution < -0.4 is 14.2 Å². The third kappa shape index (κ3) is 4.34. The van der Waals surface area contributed by atoms with Crippen molar-refractivity contribution >= 4 is 16.1 Å². The van der Waals surface area contributed by atoms with Crippen LogP contribution in [0.15, 0.2) is 71.6 Å². The van der Waals surface area contributed by atoms with Crippen molar-refractivity contribution in [3.63, 3.8) is 0 Å². The summed E-state index contributed by atoms with van der Waals surface area (Å²) in [6.07, 6.45) is -1.96. The number of fused-ring (bicyclic) bond motifs is 2. The molecule has 0 spiro atoms. The minimum atomic E-state index is -4.08. The van der Waals surface area contributed by atoms with E-state index in [1.807, 2.05) is 35.9 Å². The van der Waals surface area contributed by atoms with Gasteiger partial charge in [-0.1, -0.05) is 42.0 Å². The topological polar surface area (TPSA) is 90.9 Å². The highest BCUT2D eigenvalue weighted by Gasteiger charge is 2.30. The molecule has 1 atom stereocenters. The van der Waals surface area contributed by atoms with Gasteiger partial charge in [-0.2, -0.15) is 0 Å². The summed E-state index contributed by atoms with van der Waals surface area (Å²) >= 11 is 0. The van der Waals surface area contributed by atoms with Crippen molar-refractivity contribution in [2.75, 3.05) is 7.11 Å². The molecule has 7 nitrogen and oxygen atoms in total. The van der Waals surface area contributed by atoms with E-state index in [0.717, 1.165) is 11.1 Å². The Morgan fingerprint density at radius 2 is 1.77 bits per heavy atom. The zero-order chi connectivity index (χ0) is 22.0. The number of methoxy groups -OCH3 is 1. The predicted molar refractivity (Wildman–Crippen MR) is 114 cm³/mol. The van der Waals surface area contributed by atoms with E-state index in [1.54, 1.807) is 30.3 Å². The van der Waals surface area contributed by atoms with E-state index in [1.165, 1.54) is 19.2 Å². The molecule has 0 fully saturated rings. The average molecular weight is 439 g/mol. The van der Waals surface area contributed by atoms with Gasteiger partial charge in [0.2, 0.25) is 0 Å². The molecule has 3 aromatic rings. The summed E-state index contributed by atoms with van der Waals surface area (Å²) in [7, 11) is -2.55. The van der Waals surface area contributed by atoms with E-state index in [4.69, 9.17) is 14.2 Å². The van der Waals surface area contributed by atoms with Crippen molar-refractivity contribution in [2.24, 2.45) is 0 Å². The summed E-state index contributed by atoms with van der Waals surface area (Å²) in [5, 5.41) is 0. The van der Waals surface area contributed by atoms with Crippen molar-refractivity contribution in [1.82, 2.24) is 4.72 Å². The van der Waals surface area contributed by atoms with Gasteiger partial charge in [0, 0.05) is 11.1 Å². The number of nitrogens with one attached hydrogen (secondary N) is 1. The molecule has 0 bridgehead atoms. The number of amides is 1. The number of aryl methyl sites for hydroxylation is 1. The third-order valence-corrected chi connectivity index (χ3v) is 6.32. The van der Waals surface area contributed by atoms with E-state index in [0.29, 0.717) is 29.2 Å². The number of sulfonamides is 1. The van der Waals surface area contributed by atoms with E-state index in [2.05, 4.69) is 0 Å². The quantitative estimate of drug-likeness (QED) is 0.658. The van der Waals surface area contributed by atoms with Gasteiger partial charge in [0.25, 0.3) is 10.0 Å². The van der Waals surface area contributed by atoms with Gasteiger partial charge in [0.1, 0.15) is 18.1 Å². The molecule has 0 radical (unpaired) electrons. The van der Waals surface area contributed by atoms with Crippen LogP contribution in [-0.2, 0) is 21.4 Å². The maximum Gasteiger partial charge on any atom is 0.422 e. The smallest absolute Gasteiger partial charge is 0.422 e. The second-order valence-corrected chi connectivity index (χ2v) is 8.78. The fourth-order valence-corrected chi connectivity index (χ4v) is 4.26. The first kappa shape index (κ1) is 20.7. The summed E-state index contributed by atoms with van der Waals surface area (Å²) in [6, 6.07) is 18.7. The van der Waals surface area contributed by atoms with Crippen LogP contribution in [0.1, 0.15) is 28.4 Å². The third-order valence-electron chi connectivity index (χ3n) is 4.99. The van der Waals surface area contributed by atoms with Crippen molar-refractivity contribution in [2.45, 2.75) is 24.5 Å². The van der Waals surface area contributed by atoms with Gasteiger partial charge in [-0.05, 0) is 42.8 Å². The first-order valence-corrected chi connectivity index (χ1v) is 11.0. The summed E-state index contributed by atoms with van der Waals surface area (Å²) in [5.74, 6) is 1.08. The van der Waals surface area contributed by atoms with Gasteiger partial charge < -0.3 is 14.2 Å². The first-order valence-electron chi connectivity index (χ1n) is 9.56. The van der Waals surface area contributed by atoms with E-state index < -0.39 is 22.2 Å². The van der Waals surface area contributed by atoms with Crippen LogP contribution in [0, 0.1) is 6.92 Å². The molecule has 0 aromatic heterocycles. The van der Waals surface area contributed by atoms with Crippen molar-refractivity contribution < 1.29 is 27.4 Å². The minimum absolute atomic E-state index is 0.0262. The lowest BCUT2D eigenvalue weighted by molar-refractivity contribution is 0.122. The van der Waals surface area contributed by atoms with Gasteiger partial charge in [-0.15, -0.1) is 0 Å². The fraction of sp³-hybridized carbons (Fsp3) is 0.174. The normalized spacial score (nSPS) is 15.0. The molecule has 1 aliphatic heterocycles. The van der Waals surface area contributed by atoms with Gasteiger partial charge in [-0.25, -0.2) is 17.9 Å². The maximum absolute atomic E-state index is 12.7. The molecule has 0 saturated carbocycles. The van der Waals surface area contributed by atoms with E-state index >= 15 is 0 Å². The molecule has 4 rings (SSSR count). The monoisotopic (exact) mass is 439 g/mol. The van der Waals surface area contributed by atoms with E-state index in [-0.39, 0.29) is 4.90 Å².